The first-order chi connectivity index (χ1) is 8.88. The van der Waals surface area contributed by atoms with Crippen LogP contribution in [0.2, 0.25) is 0 Å². The largest absolute Gasteiger partial charge is 0.338 e. The number of hydrogen-bond donors (Lipinski definition) is 1. The van der Waals surface area contributed by atoms with Gasteiger partial charge in [0.15, 0.2) is 9.84 Å². The van der Waals surface area contributed by atoms with Crippen molar-refractivity contribution in [2.24, 2.45) is 12.8 Å². The molecule has 0 amide bonds. The third kappa shape index (κ3) is 3.21. The second-order valence-corrected chi connectivity index (χ2v) is 6.62. The summed E-state index contributed by atoms with van der Waals surface area (Å²) in [6, 6.07) is 6.48. The van der Waals surface area contributed by atoms with E-state index in [0.29, 0.717) is 11.3 Å². The lowest BCUT2D eigenvalue weighted by Gasteiger charge is -2.12. The van der Waals surface area contributed by atoms with Crippen LogP contribution in [0.25, 0.3) is 0 Å². The average molecular weight is 279 g/mol. The molecule has 0 saturated heterocycles. The van der Waals surface area contributed by atoms with Crippen molar-refractivity contribution in [3.63, 3.8) is 0 Å². The molecule has 102 valence electrons. The quantitative estimate of drug-likeness (QED) is 0.908. The number of nitrogens with two attached hydrogens (primary N) is 1. The molecule has 0 spiro atoms. The highest BCUT2D eigenvalue weighted by molar-refractivity contribution is 7.90. The van der Waals surface area contributed by atoms with Crippen molar-refractivity contribution in [3.05, 3.63) is 48.0 Å². The molecule has 2 N–H and O–H groups in total. The molecule has 1 aromatic heterocycles. The normalized spacial score (nSPS) is 13.4. The van der Waals surface area contributed by atoms with E-state index in [1.54, 1.807) is 30.5 Å². The zero-order chi connectivity index (χ0) is 14.0. The Bertz CT molecular complexity index is 659. The Kier molecular flexibility index (Phi) is 3.73. The van der Waals surface area contributed by atoms with Crippen LogP contribution in [0.1, 0.15) is 17.4 Å². The molecule has 6 heteroatoms. The molecule has 2 rings (SSSR count). The maximum absolute atomic E-state index is 11.4. The molecule has 0 aliphatic carbocycles. The average Bonchev–Trinajstić information content (AvgIpc) is 2.74. The Balaban J connectivity index is 2.16. The number of rotatable bonds is 4. The third-order valence-corrected chi connectivity index (χ3v) is 4.19. The molecule has 1 heterocycles. The van der Waals surface area contributed by atoms with E-state index in [2.05, 4.69) is 4.98 Å². The second kappa shape index (κ2) is 5.14. The van der Waals surface area contributed by atoms with Crippen molar-refractivity contribution in [2.45, 2.75) is 17.4 Å². The zero-order valence-corrected chi connectivity index (χ0v) is 11.8. The molecule has 5 nitrogen and oxygen atoms in total. The molecule has 0 radical (unpaired) electrons. The lowest BCUT2D eigenvalue weighted by Crippen LogP contribution is -2.15. The Morgan fingerprint density at radius 1 is 1.32 bits per heavy atom. The van der Waals surface area contributed by atoms with Gasteiger partial charge in [0.1, 0.15) is 5.82 Å². The number of hydrogen-bond acceptors (Lipinski definition) is 4. The summed E-state index contributed by atoms with van der Waals surface area (Å²) in [6.07, 6.45) is 5.40. The van der Waals surface area contributed by atoms with Crippen LogP contribution in [-0.4, -0.2) is 24.2 Å². The molecular weight excluding hydrogens is 262 g/mol. The molecule has 0 saturated carbocycles. The number of nitrogens with zero attached hydrogens (tertiary/aromatic N) is 2. The van der Waals surface area contributed by atoms with Gasteiger partial charge in [-0.2, -0.15) is 0 Å². The highest BCUT2D eigenvalue weighted by Crippen LogP contribution is 2.17. The topological polar surface area (TPSA) is 78.0 Å². The zero-order valence-electron chi connectivity index (χ0n) is 10.9. The number of sulfone groups is 1. The smallest absolute Gasteiger partial charge is 0.175 e. The Hall–Kier alpha value is -1.66. The Morgan fingerprint density at radius 2 is 1.95 bits per heavy atom. The molecule has 1 atom stereocenters. The standard InChI is InChI=1S/C13H17N3O2S/c1-16-8-7-15-13(16)9-12(14)10-3-5-11(6-4-10)19(2,17)18/h3-8,12H,9,14H2,1-2H3. The maximum Gasteiger partial charge on any atom is 0.175 e. The number of aromatic nitrogens is 2. The van der Waals surface area contributed by atoms with Crippen LogP contribution in [0.15, 0.2) is 41.6 Å². The molecular formula is C13H17N3O2S. The molecule has 1 unspecified atom stereocenters. The van der Waals surface area contributed by atoms with Crippen molar-refractivity contribution >= 4 is 9.84 Å². The fraction of sp³-hybridized carbons (Fsp3) is 0.308. The van der Waals surface area contributed by atoms with Crippen molar-refractivity contribution in [3.8, 4) is 0 Å². The van der Waals surface area contributed by atoms with Gasteiger partial charge >= 0.3 is 0 Å². The van der Waals surface area contributed by atoms with Crippen LogP contribution in [0.5, 0.6) is 0 Å². The van der Waals surface area contributed by atoms with Crippen LogP contribution >= 0.6 is 0 Å². The summed E-state index contributed by atoms with van der Waals surface area (Å²) >= 11 is 0. The molecule has 19 heavy (non-hydrogen) atoms. The highest BCUT2D eigenvalue weighted by Gasteiger charge is 2.12. The second-order valence-electron chi connectivity index (χ2n) is 4.61. The van der Waals surface area contributed by atoms with Crippen molar-refractivity contribution in [2.75, 3.05) is 6.26 Å². The molecule has 0 fully saturated rings. The van der Waals surface area contributed by atoms with E-state index in [1.165, 1.54) is 6.26 Å². The molecule has 2 aromatic rings. The highest BCUT2D eigenvalue weighted by atomic mass is 32.2. The summed E-state index contributed by atoms with van der Waals surface area (Å²) in [5.74, 6) is 0.902. The van der Waals surface area contributed by atoms with Crippen LogP contribution < -0.4 is 5.73 Å². The first kappa shape index (κ1) is 13.8. The minimum absolute atomic E-state index is 0.199. The van der Waals surface area contributed by atoms with Crippen molar-refractivity contribution < 1.29 is 8.42 Å². The minimum atomic E-state index is -3.16. The van der Waals surface area contributed by atoms with E-state index in [-0.39, 0.29) is 6.04 Å². The molecule has 0 bridgehead atoms. The predicted molar refractivity (Wildman–Crippen MR) is 73.4 cm³/mol. The van der Waals surface area contributed by atoms with Gasteiger partial charge in [0.25, 0.3) is 0 Å². The molecule has 1 aromatic carbocycles. The van der Waals surface area contributed by atoms with E-state index in [1.807, 2.05) is 17.8 Å². The van der Waals surface area contributed by atoms with Crippen LogP contribution in [0, 0.1) is 0 Å². The van der Waals surface area contributed by atoms with E-state index in [0.717, 1.165) is 11.4 Å². The van der Waals surface area contributed by atoms with Gasteiger partial charge in [-0.1, -0.05) is 12.1 Å². The van der Waals surface area contributed by atoms with Crippen LogP contribution in [0.4, 0.5) is 0 Å². The van der Waals surface area contributed by atoms with Gasteiger partial charge < -0.3 is 10.3 Å². The third-order valence-electron chi connectivity index (χ3n) is 3.06. The fourth-order valence-electron chi connectivity index (χ4n) is 1.87. The van der Waals surface area contributed by atoms with E-state index in [9.17, 15) is 8.42 Å². The van der Waals surface area contributed by atoms with Gasteiger partial charge in [-0.25, -0.2) is 13.4 Å². The van der Waals surface area contributed by atoms with Gasteiger partial charge in [-0.3, -0.25) is 0 Å². The van der Waals surface area contributed by atoms with Crippen LogP contribution in [0.3, 0.4) is 0 Å². The Labute approximate surface area is 113 Å². The van der Waals surface area contributed by atoms with Gasteiger partial charge in [0.05, 0.1) is 4.90 Å². The summed E-state index contributed by atoms with van der Waals surface area (Å²) in [4.78, 5) is 4.53. The van der Waals surface area contributed by atoms with E-state index < -0.39 is 9.84 Å². The first-order valence-electron chi connectivity index (χ1n) is 5.90. The summed E-state index contributed by atoms with van der Waals surface area (Å²) in [5.41, 5.74) is 7.01. The van der Waals surface area contributed by atoms with Gasteiger partial charge in [0.2, 0.25) is 0 Å². The number of imidazole rings is 1. The lowest BCUT2D eigenvalue weighted by molar-refractivity contribution is 0.601. The Morgan fingerprint density at radius 3 is 2.42 bits per heavy atom. The van der Waals surface area contributed by atoms with Gasteiger partial charge in [-0.15, -0.1) is 0 Å². The van der Waals surface area contributed by atoms with Crippen LogP contribution in [-0.2, 0) is 23.3 Å². The molecule has 0 aliphatic rings. The van der Waals surface area contributed by atoms with E-state index >= 15 is 0 Å². The first-order valence-corrected chi connectivity index (χ1v) is 7.79. The summed E-state index contributed by atoms with van der Waals surface area (Å²) in [6.45, 7) is 0. The number of aryl methyl sites for hydroxylation is 1. The summed E-state index contributed by atoms with van der Waals surface area (Å²) < 4.78 is 24.7. The van der Waals surface area contributed by atoms with Crippen molar-refractivity contribution in [1.82, 2.24) is 9.55 Å². The SMILES string of the molecule is Cn1ccnc1CC(N)c1ccc(S(C)(=O)=O)cc1. The van der Waals surface area contributed by atoms with Gasteiger partial charge in [-0.05, 0) is 17.7 Å². The summed E-state index contributed by atoms with van der Waals surface area (Å²) in [7, 11) is -1.24. The van der Waals surface area contributed by atoms with Crippen molar-refractivity contribution in [1.29, 1.82) is 0 Å². The monoisotopic (exact) mass is 279 g/mol. The van der Waals surface area contributed by atoms with E-state index in [4.69, 9.17) is 5.73 Å². The predicted octanol–water partition coefficient (Wildman–Crippen LogP) is 1.07. The fourth-order valence-corrected chi connectivity index (χ4v) is 2.50. The maximum atomic E-state index is 11.4. The lowest BCUT2D eigenvalue weighted by atomic mass is 10.0. The number of benzene rings is 1. The summed E-state index contributed by atoms with van der Waals surface area (Å²) in [5, 5.41) is 0. The molecule has 0 aliphatic heterocycles. The minimum Gasteiger partial charge on any atom is -0.338 e. The van der Waals surface area contributed by atoms with Gasteiger partial charge in [0, 0.05) is 38.2 Å².